The standard InChI is InChI=1S/C53H78O2.CH4/c1-15-23-43(53(14,55)38(6)30-31-44(54)33-45(39(7)35(2)3)42-27-20-17-21-28-42)32-37(5)49-46(34-48-50(49)52(48,12)13)40(8)47(51(9,10)11)29-22-24-36(4)41-25-18-16-19-26-41;/h16-21,25-28,35-36,43,45-50,55H,5-8,15,22-24,29-34H2,1-4,9-14H3;1H4/t36?,43?,45-,46?,47?,48?,49?,50?,53?;/m1./s1. The van der Waals surface area contributed by atoms with Gasteiger partial charge < -0.3 is 5.11 Å². The average molecular weight is 763 g/mol. The molecule has 2 aromatic rings. The lowest BCUT2D eigenvalue weighted by Crippen LogP contribution is -2.38. The Balaban J connectivity index is 0.00000841. The highest BCUT2D eigenvalue weighted by atomic mass is 16.3. The van der Waals surface area contributed by atoms with Crippen LogP contribution >= 0.6 is 0 Å². The number of Topliss-reactive ketones (excluding diaryl/α,β-unsaturated/α-hetero) is 1. The van der Waals surface area contributed by atoms with Gasteiger partial charge in [-0.25, -0.2) is 0 Å². The third kappa shape index (κ3) is 11.2. The molecular formula is C54H82O2. The number of carbonyl (C=O) groups is 1. The van der Waals surface area contributed by atoms with Crippen molar-refractivity contribution in [1.29, 1.82) is 0 Å². The van der Waals surface area contributed by atoms with E-state index < -0.39 is 5.60 Å². The third-order valence-corrected chi connectivity index (χ3v) is 14.6. The van der Waals surface area contributed by atoms with Crippen LogP contribution in [0, 0.1) is 52.3 Å². The molecule has 2 aliphatic carbocycles. The van der Waals surface area contributed by atoms with E-state index in [-0.39, 0.29) is 36.4 Å². The van der Waals surface area contributed by atoms with Gasteiger partial charge in [-0.15, -0.1) is 0 Å². The van der Waals surface area contributed by atoms with Crippen LogP contribution in [0.15, 0.2) is 109 Å². The highest BCUT2D eigenvalue weighted by Gasteiger charge is 2.67. The Morgan fingerprint density at radius 3 is 1.95 bits per heavy atom. The lowest BCUT2D eigenvalue weighted by molar-refractivity contribution is -0.119. The van der Waals surface area contributed by atoms with E-state index in [4.69, 9.17) is 13.2 Å². The summed E-state index contributed by atoms with van der Waals surface area (Å²) in [6.07, 6.45) is 8.69. The van der Waals surface area contributed by atoms with Crippen molar-refractivity contribution in [2.24, 2.45) is 52.3 Å². The molecule has 4 rings (SSSR count). The van der Waals surface area contributed by atoms with Crippen molar-refractivity contribution in [3.8, 4) is 0 Å². The first kappa shape index (κ1) is 47.4. The highest BCUT2D eigenvalue weighted by molar-refractivity contribution is 5.80. The molecule has 2 fully saturated rings. The molecule has 0 saturated heterocycles. The summed E-state index contributed by atoms with van der Waals surface area (Å²) in [5.74, 6) is 3.61. The van der Waals surface area contributed by atoms with Crippen molar-refractivity contribution >= 4 is 5.78 Å². The Morgan fingerprint density at radius 2 is 1.41 bits per heavy atom. The van der Waals surface area contributed by atoms with Gasteiger partial charge in [0.15, 0.2) is 0 Å². The maximum absolute atomic E-state index is 13.5. The fourth-order valence-electron chi connectivity index (χ4n) is 10.6. The molecule has 0 radical (unpaired) electrons. The summed E-state index contributed by atoms with van der Waals surface area (Å²) in [6.45, 7) is 41.6. The quantitative estimate of drug-likeness (QED) is 0.121. The molecule has 56 heavy (non-hydrogen) atoms. The normalized spacial score (nSPS) is 23.1. The topological polar surface area (TPSA) is 37.3 Å². The molecule has 2 heteroatoms. The second-order valence-corrected chi connectivity index (χ2v) is 20.1. The zero-order chi connectivity index (χ0) is 40.9. The summed E-state index contributed by atoms with van der Waals surface area (Å²) in [5.41, 5.74) is 6.51. The van der Waals surface area contributed by atoms with Crippen LogP contribution in [-0.2, 0) is 4.79 Å². The van der Waals surface area contributed by atoms with E-state index in [1.165, 1.54) is 36.0 Å². The first-order chi connectivity index (χ1) is 25.7. The monoisotopic (exact) mass is 763 g/mol. The average Bonchev–Trinajstić information content (AvgIpc) is 3.43. The lowest BCUT2D eigenvalue weighted by Gasteiger charge is -2.41. The van der Waals surface area contributed by atoms with Crippen LogP contribution in [0.3, 0.4) is 0 Å². The van der Waals surface area contributed by atoms with E-state index in [0.29, 0.717) is 60.2 Å². The van der Waals surface area contributed by atoms with Gasteiger partial charge in [0.2, 0.25) is 0 Å². The van der Waals surface area contributed by atoms with E-state index in [1.54, 1.807) is 0 Å². The van der Waals surface area contributed by atoms with E-state index in [0.717, 1.165) is 42.4 Å². The number of ketones is 1. The third-order valence-electron chi connectivity index (χ3n) is 14.6. The second kappa shape index (κ2) is 19.7. The van der Waals surface area contributed by atoms with Gasteiger partial charge in [0.05, 0.1) is 5.60 Å². The molecule has 8 unspecified atom stereocenters. The highest BCUT2D eigenvalue weighted by Crippen LogP contribution is 2.73. The van der Waals surface area contributed by atoms with Crippen LogP contribution in [-0.4, -0.2) is 16.5 Å². The number of hydrogen-bond donors (Lipinski definition) is 1. The minimum atomic E-state index is -1.09. The Morgan fingerprint density at radius 1 is 0.839 bits per heavy atom. The molecule has 2 saturated carbocycles. The number of carbonyl (C=O) groups excluding carboxylic acids is 1. The molecule has 1 N–H and O–H groups in total. The molecule has 0 spiro atoms. The minimum Gasteiger partial charge on any atom is -0.386 e. The molecule has 0 aliphatic heterocycles. The Kier molecular flexibility index (Phi) is 16.6. The molecule has 310 valence electrons. The molecule has 2 nitrogen and oxygen atoms in total. The van der Waals surface area contributed by atoms with Crippen LogP contribution < -0.4 is 0 Å². The number of rotatable bonds is 22. The van der Waals surface area contributed by atoms with Crippen LogP contribution in [0.1, 0.15) is 164 Å². The van der Waals surface area contributed by atoms with Gasteiger partial charge in [-0.05, 0) is 120 Å². The molecule has 2 aliphatic rings. The van der Waals surface area contributed by atoms with Crippen molar-refractivity contribution in [2.75, 3.05) is 0 Å². The molecule has 0 heterocycles. The summed E-state index contributed by atoms with van der Waals surface area (Å²) >= 11 is 0. The van der Waals surface area contributed by atoms with Gasteiger partial charge in [0.1, 0.15) is 5.78 Å². The van der Waals surface area contributed by atoms with Crippen molar-refractivity contribution in [1.82, 2.24) is 0 Å². The van der Waals surface area contributed by atoms with E-state index in [1.807, 2.05) is 25.1 Å². The molecule has 0 amide bonds. The summed E-state index contributed by atoms with van der Waals surface area (Å²) in [5, 5.41) is 12.3. The molecule has 2 aromatic carbocycles. The number of aliphatic hydroxyl groups is 1. The molecule has 0 bridgehead atoms. The van der Waals surface area contributed by atoms with Gasteiger partial charge in [0, 0.05) is 18.8 Å². The number of fused-ring (bicyclic) bond motifs is 1. The molecule has 0 aromatic heterocycles. The van der Waals surface area contributed by atoms with Gasteiger partial charge >= 0.3 is 0 Å². The predicted octanol–water partition coefficient (Wildman–Crippen LogP) is 15.1. The van der Waals surface area contributed by atoms with E-state index >= 15 is 0 Å². The van der Waals surface area contributed by atoms with Crippen molar-refractivity contribution in [3.05, 3.63) is 120 Å². The smallest absolute Gasteiger partial charge is 0.134 e. The van der Waals surface area contributed by atoms with Crippen LogP contribution in [0.25, 0.3) is 0 Å². The number of hydrogen-bond acceptors (Lipinski definition) is 2. The van der Waals surface area contributed by atoms with Gasteiger partial charge in [-0.3, -0.25) is 4.79 Å². The summed E-state index contributed by atoms with van der Waals surface area (Å²) in [7, 11) is 0. The maximum atomic E-state index is 13.5. The van der Waals surface area contributed by atoms with Gasteiger partial charge in [-0.2, -0.15) is 0 Å². The van der Waals surface area contributed by atoms with E-state index in [2.05, 4.69) is 118 Å². The Hall–Kier alpha value is -2.97. The molecule has 9 atom stereocenters. The first-order valence-corrected chi connectivity index (χ1v) is 21.8. The minimum absolute atomic E-state index is 0. The zero-order valence-electron chi connectivity index (χ0n) is 36.7. The second-order valence-electron chi connectivity index (χ2n) is 20.1. The van der Waals surface area contributed by atoms with Crippen molar-refractivity contribution in [2.45, 2.75) is 158 Å². The predicted molar refractivity (Wildman–Crippen MR) is 244 cm³/mol. The SMILES string of the molecule is C.C=C(CC(CCC)C(C)(O)C(=C)CCC(=O)C[C@H](C(=C)C(C)C)c1ccccc1)C1C(C(=C)C(CCCC(C)c2ccccc2)C(C)(C)C)CC2C1C2(C)C. The van der Waals surface area contributed by atoms with Crippen LogP contribution in [0.2, 0.25) is 0 Å². The largest absolute Gasteiger partial charge is 0.386 e. The summed E-state index contributed by atoms with van der Waals surface area (Å²) in [4.78, 5) is 13.5. The van der Waals surface area contributed by atoms with Gasteiger partial charge in [0.25, 0.3) is 0 Å². The zero-order valence-corrected chi connectivity index (χ0v) is 36.7. The molecular weight excluding hydrogens is 681 g/mol. The van der Waals surface area contributed by atoms with Crippen LogP contribution in [0.5, 0.6) is 0 Å². The summed E-state index contributed by atoms with van der Waals surface area (Å²) in [6, 6.07) is 21.2. The maximum Gasteiger partial charge on any atom is 0.134 e. The number of benzene rings is 2. The summed E-state index contributed by atoms with van der Waals surface area (Å²) < 4.78 is 0. The van der Waals surface area contributed by atoms with Gasteiger partial charge in [-0.1, -0.05) is 186 Å². The fraction of sp³-hybridized carbons (Fsp3) is 0.611. The van der Waals surface area contributed by atoms with Crippen LogP contribution in [0.4, 0.5) is 0 Å². The Labute approximate surface area is 345 Å². The number of allylic oxidation sites excluding steroid dienone is 3. The lowest BCUT2D eigenvalue weighted by atomic mass is 9.65. The fourth-order valence-corrected chi connectivity index (χ4v) is 10.6. The van der Waals surface area contributed by atoms with Crippen molar-refractivity contribution < 1.29 is 9.90 Å². The Bertz CT molecular complexity index is 1620. The van der Waals surface area contributed by atoms with E-state index in [9.17, 15) is 9.90 Å². The van der Waals surface area contributed by atoms with Crippen molar-refractivity contribution in [3.63, 3.8) is 0 Å². The first-order valence-electron chi connectivity index (χ1n) is 21.8.